The molecule has 3 saturated carbocycles. The van der Waals surface area contributed by atoms with Crippen LogP contribution in [0.2, 0.25) is 0 Å². The Bertz CT molecular complexity index is 897. The first-order valence-corrected chi connectivity index (χ1v) is 14.7. The van der Waals surface area contributed by atoms with Crippen LogP contribution in [-0.4, -0.2) is 89.1 Å². The van der Waals surface area contributed by atoms with Gasteiger partial charge in [0.15, 0.2) is 6.35 Å². The van der Waals surface area contributed by atoms with Crippen LogP contribution in [0.1, 0.15) is 76.2 Å². The Morgan fingerprint density at radius 1 is 1.00 bits per heavy atom. The van der Waals surface area contributed by atoms with Crippen molar-refractivity contribution < 1.29 is 15.0 Å². The topological polar surface area (TPSA) is 79.3 Å². The summed E-state index contributed by atoms with van der Waals surface area (Å²) in [5.41, 5.74) is 1.29. The molecule has 5 rings (SSSR count). The summed E-state index contributed by atoms with van der Waals surface area (Å²) in [6.45, 7) is 2.40. The van der Waals surface area contributed by atoms with Crippen LogP contribution in [0.25, 0.3) is 0 Å². The average molecular weight is 513 g/mol. The second-order valence-electron chi connectivity index (χ2n) is 12.6. The molecule has 2 unspecified atom stereocenters. The molecular formula is C30H48N4O3. The van der Waals surface area contributed by atoms with Gasteiger partial charge in [0.25, 0.3) is 0 Å². The molecule has 4 aliphatic rings. The highest BCUT2D eigenvalue weighted by Gasteiger charge is 2.55. The average Bonchev–Trinajstić information content (AvgIpc) is 3.11. The summed E-state index contributed by atoms with van der Waals surface area (Å²) in [5, 5.41) is 24.9. The Morgan fingerprint density at radius 2 is 1.70 bits per heavy atom. The van der Waals surface area contributed by atoms with Gasteiger partial charge in [-0.05, 0) is 76.9 Å². The highest BCUT2D eigenvalue weighted by molar-refractivity contribution is 5.78. The van der Waals surface area contributed by atoms with Gasteiger partial charge in [-0.2, -0.15) is 0 Å². The zero-order valence-electron chi connectivity index (χ0n) is 22.9. The van der Waals surface area contributed by atoms with Crippen molar-refractivity contribution in [2.24, 2.45) is 11.8 Å². The molecule has 0 aromatic heterocycles. The van der Waals surface area contributed by atoms with Crippen LogP contribution < -0.4 is 5.32 Å². The van der Waals surface area contributed by atoms with E-state index in [2.05, 4.69) is 59.5 Å². The lowest BCUT2D eigenvalue weighted by atomic mass is 9.68. The van der Waals surface area contributed by atoms with E-state index in [0.29, 0.717) is 12.5 Å². The molecule has 1 aromatic carbocycles. The Kier molecular flexibility index (Phi) is 8.27. The van der Waals surface area contributed by atoms with E-state index >= 15 is 0 Å². The monoisotopic (exact) mass is 512 g/mol. The Morgan fingerprint density at radius 3 is 2.32 bits per heavy atom. The van der Waals surface area contributed by atoms with E-state index < -0.39 is 6.35 Å². The van der Waals surface area contributed by atoms with Gasteiger partial charge >= 0.3 is 0 Å². The first-order valence-electron chi connectivity index (χ1n) is 14.7. The predicted octanol–water partition coefficient (Wildman–Crippen LogP) is 3.12. The lowest BCUT2D eigenvalue weighted by Gasteiger charge is -2.52. The van der Waals surface area contributed by atoms with E-state index in [4.69, 9.17) is 0 Å². The van der Waals surface area contributed by atoms with E-state index in [1.807, 2.05) is 4.90 Å². The van der Waals surface area contributed by atoms with Gasteiger partial charge in [0.2, 0.25) is 5.91 Å². The van der Waals surface area contributed by atoms with Gasteiger partial charge in [-0.25, -0.2) is 0 Å². The quantitative estimate of drug-likeness (QED) is 0.497. The smallest absolute Gasteiger partial charge is 0.234 e. The van der Waals surface area contributed by atoms with Crippen molar-refractivity contribution in [2.45, 2.75) is 94.2 Å². The molecule has 37 heavy (non-hydrogen) atoms. The van der Waals surface area contributed by atoms with Crippen LogP contribution in [0.4, 0.5) is 0 Å². The minimum atomic E-state index is -0.713. The van der Waals surface area contributed by atoms with Gasteiger partial charge in [-0.3, -0.25) is 19.5 Å². The van der Waals surface area contributed by atoms with Crippen LogP contribution >= 0.6 is 0 Å². The van der Waals surface area contributed by atoms with Crippen molar-refractivity contribution in [2.75, 3.05) is 40.3 Å². The van der Waals surface area contributed by atoms with Crippen molar-refractivity contribution in [1.29, 1.82) is 0 Å². The summed E-state index contributed by atoms with van der Waals surface area (Å²) in [7, 11) is 4.39. The number of rotatable bonds is 8. The number of aliphatic hydroxyl groups is 2. The van der Waals surface area contributed by atoms with E-state index in [9.17, 15) is 15.0 Å². The van der Waals surface area contributed by atoms with Crippen molar-refractivity contribution in [1.82, 2.24) is 20.0 Å². The normalized spacial score (nSPS) is 35.6. The number of nitrogens with zero attached hydrogens (tertiary/aromatic N) is 3. The molecule has 206 valence electrons. The largest absolute Gasteiger partial charge is 0.393 e. The molecule has 3 aliphatic carbocycles. The van der Waals surface area contributed by atoms with E-state index in [0.717, 1.165) is 64.5 Å². The third kappa shape index (κ3) is 5.48. The molecule has 4 fully saturated rings. The third-order valence-corrected chi connectivity index (χ3v) is 10.3. The van der Waals surface area contributed by atoms with Gasteiger partial charge in [0, 0.05) is 36.6 Å². The summed E-state index contributed by atoms with van der Waals surface area (Å²) < 4.78 is 0. The second-order valence-corrected chi connectivity index (χ2v) is 12.6. The first kappa shape index (κ1) is 27.1. The molecule has 3 N–H and O–H groups in total. The number of amides is 1. The summed E-state index contributed by atoms with van der Waals surface area (Å²) in [6, 6.07) is 10.9. The fourth-order valence-corrected chi connectivity index (χ4v) is 7.60. The minimum Gasteiger partial charge on any atom is -0.393 e. The molecule has 1 saturated heterocycles. The van der Waals surface area contributed by atoms with E-state index in [-0.39, 0.29) is 35.6 Å². The van der Waals surface area contributed by atoms with E-state index in [1.165, 1.54) is 24.8 Å². The maximum Gasteiger partial charge on any atom is 0.234 e. The number of hydrogen-bond donors (Lipinski definition) is 3. The number of carbonyl (C=O) groups excluding carboxylic acids is 1. The zero-order valence-corrected chi connectivity index (χ0v) is 22.9. The van der Waals surface area contributed by atoms with Crippen molar-refractivity contribution in [3.05, 3.63) is 35.9 Å². The van der Waals surface area contributed by atoms with Gasteiger partial charge in [0.1, 0.15) is 0 Å². The molecular weight excluding hydrogens is 464 g/mol. The van der Waals surface area contributed by atoms with Crippen molar-refractivity contribution >= 4 is 5.91 Å². The van der Waals surface area contributed by atoms with Gasteiger partial charge in [-0.1, -0.05) is 49.6 Å². The number of hydrogen-bond acceptors (Lipinski definition) is 6. The standard InChI is InChI=1S/C30H48N4O3/c1-32(2)30(25-12-4-3-5-13-25)17-15-29(16-18-30)22-33(28(37)34(29)20-23-9-8-10-23)21-27(36)31-19-24-11-6-7-14-26(24)35/h3-5,12-13,23-24,26,28,35,37H,6-11,14-22H2,1-2H3,(H,31,36)/t24?,26-,28?,29-,30+/m1/s1. The lowest BCUT2D eigenvalue weighted by Crippen LogP contribution is -2.57. The Hall–Kier alpha value is -1.51. The molecule has 3 atom stereocenters. The molecule has 7 heteroatoms. The Balaban J connectivity index is 1.27. The Labute approximate surface area is 223 Å². The SMILES string of the molecule is CN(C)[C@]1(c2ccccc2)CC[C@]2(CC1)CN(CC(=O)NCC1CCCC[C@H]1O)C(O)N2CC1CCC1. The highest BCUT2D eigenvalue weighted by Crippen LogP contribution is 2.50. The maximum atomic E-state index is 13.0. The summed E-state index contributed by atoms with van der Waals surface area (Å²) in [6.07, 6.45) is 10.9. The summed E-state index contributed by atoms with van der Waals surface area (Å²) in [5.74, 6) is 0.765. The molecule has 1 spiro atoms. The van der Waals surface area contributed by atoms with Crippen LogP contribution in [0.15, 0.2) is 30.3 Å². The lowest BCUT2D eigenvalue weighted by molar-refractivity contribution is -0.130. The van der Waals surface area contributed by atoms with Gasteiger partial charge in [0.05, 0.1) is 12.6 Å². The van der Waals surface area contributed by atoms with Crippen LogP contribution in [0, 0.1) is 11.8 Å². The number of nitrogens with one attached hydrogen (secondary N) is 1. The molecule has 7 nitrogen and oxygen atoms in total. The fraction of sp³-hybridized carbons (Fsp3) is 0.767. The molecule has 1 heterocycles. The van der Waals surface area contributed by atoms with Crippen molar-refractivity contribution in [3.63, 3.8) is 0 Å². The van der Waals surface area contributed by atoms with Crippen molar-refractivity contribution in [3.8, 4) is 0 Å². The predicted molar refractivity (Wildman–Crippen MR) is 146 cm³/mol. The molecule has 1 aliphatic heterocycles. The second kappa shape index (κ2) is 11.3. The molecule has 1 aromatic rings. The highest BCUT2D eigenvalue weighted by atomic mass is 16.3. The third-order valence-electron chi connectivity index (χ3n) is 10.3. The number of benzene rings is 1. The zero-order chi connectivity index (χ0) is 26.0. The van der Waals surface area contributed by atoms with Gasteiger partial charge in [-0.15, -0.1) is 0 Å². The summed E-state index contributed by atoms with van der Waals surface area (Å²) >= 11 is 0. The fourth-order valence-electron chi connectivity index (χ4n) is 7.60. The minimum absolute atomic E-state index is 0.00519. The van der Waals surface area contributed by atoms with Gasteiger partial charge < -0.3 is 15.5 Å². The summed E-state index contributed by atoms with van der Waals surface area (Å²) in [4.78, 5) is 19.7. The molecule has 0 radical (unpaired) electrons. The number of aliphatic hydroxyl groups excluding tert-OH is 2. The molecule has 1 amide bonds. The van der Waals surface area contributed by atoms with E-state index in [1.54, 1.807) is 0 Å². The van der Waals surface area contributed by atoms with Crippen LogP contribution in [-0.2, 0) is 10.3 Å². The maximum absolute atomic E-state index is 13.0. The number of carbonyl (C=O) groups is 1. The van der Waals surface area contributed by atoms with Crippen LogP contribution in [0.5, 0.6) is 0 Å². The van der Waals surface area contributed by atoms with Crippen LogP contribution in [0.3, 0.4) is 0 Å². The first-order chi connectivity index (χ1) is 17.8. The molecule has 0 bridgehead atoms.